The molecule has 0 atom stereocenters. The zero-order valence-corrected chi connectivity index (χ0v) is 12.9. The summed E-state index contributed by atoms with van der Waals surface area (Å²) in [5, 5.41) is 9.76. The lowest BCUT2D eigenvalue weighted by molar-refractivity contribution is -0.127. The van der Waals surface area contributed by atoms with Gasteiger partial charge in [-0.05, 0) is 12.8 Å². The van der Waals surface area contributed by atoms with Crippen molar-refractivity contribution in [3.8, 4) is 11.3 Å². The first-order chi connectivity index (χ1) is 11.3. The molecule has 1 aliphatic rings. The number of carbonyl (C=O) groups is 2. The van der Waals surface area contributed by atoms with Crippen LogP contribution < -0.4 is 5.32 Å². The van der Waals surface area contributed by atoms with E-state index in [0.717, 1.165) is 30.6 Å². The van der Waals surface area contributed by atoms with Crippen LogP contribution in [-0.4, -0.2) is 46.5 Å². The number of nitrogens with zero attached hydrogens (tertiary/aromatic N) is 2. The molecule has 2 N–H and O–H groups in total. The van der Waals surface area contributed by atoms with Crippen molar-refractivity contribution in [1.29, 1.82) is 0 Å². The minimum absolute atomic E-state index is 0.148. The van der Waals surface area contributed by atoms with Gasteiger partial charge in [0, 0.05) is 31.6 Å². The maximum atomic E-state index is 12.3. The minimum Gasteiger partial charge on any atom is -0.352 e. The van der Waals surface area contributed by atoms with E-state index in [-0.39, 0.29) is 11.8 Å². The fourth-order valence-corrected chi connectivity index (χ4v) is 2.79. The Morgan fingerprint density at radius 2 is 2.13 bits per heavy atom. The van der Waals surface area contributed by atoms with Crippen molar-refractivity contribution in [3.63, 3.8) is 0 Å². The molecule has 2 heterocycles. The van der Waals surface area contributed by atoms with Crippen LogP contribution in [0.4, 0.5) is 0 Å². The zero-order chi connectivity index (χ0) is 16.1. The Morgan fingerprint density at radius 1 is 1.30 bits per heavy atom. The standard InChI is InChI=1S/C17H20N4O2/c22-15-8-4-10-21(15)11-5-9-18-17(23)14-12-19-20-16(14)13-6-2-1-3-7-13/h1-3,6-7,12H,4-5,8-11H2,(H,18,23)(H,19,20). The van der Waals surface area contributed by atoms with Gasteiger partial charge in [0.05, 0.1) is 17.5 Å². The normalized spacial score (nSPS) is 14.3. The van der Waals surface area contributed by atoms with Crippen LogP contribution in [-0.2, 0) is 4.79 Å². The van der Waals surface area contributed by atoms with Crippen LogP contribution in [0.15, 0.2) is 36.5 Å². The molecule has 0 aliphatic carbocycles. The summed E-state index contributed by atoms with van der Waals surface area (Å²) in [5.74, 6) is 0.0721. The number of hydrogen-bond donors (Lipinski definition) is 2. The molecule has 1 aliphatic heterocycles. The van der Waals surface area contributed by atoms with Crippen LogP contribution in [0.5, 0.6) is 0 Å². The lowest BCUT2D eigenvalue weighted by Gasteiger charge is -2.15. The number of nitrogens with one attached hydrogen (secondary N) is 2. The van der Waals surface area contributed by atoms with Gasteiger partial charge in [-0.2, -0.15) is 5.10 Å². The number of benzene rings is 1. The van der Waals surface area contributed by atoms with Crippen LogP contribution in [0.2, 0.25) is 0 Å². The highest BCUT2D eigenvalue weighted by molar-refractivity contribution is 5.99. The topological polar surface area (TPSA) is 78.1 Å². The lowest BCUT2D eigenvalue weighted by atomic mass is 10.1. The Morgan fingerprint density at radius 3 is 2.87 bits per heavy atom. The van der Waals surface area contributed by atoms with Gasteiger partial charge in [0.1, 0.15) is 0 Å². The molecule has 2 amide bonds. The van der Waals surface area contributed by atoms with Crippen LogP contribution in [0, 0.1) is 0 Å². The highest BCUT2D eigenvalue weighted by Crippen LogP contribution is 2.20. The average Bonchev–Trinajstić information content (AvgIpc) is 3.21. The van der Waals surface area contributed by atoms with Crippen LogP contribution in [0.3, 0.4) is 0 Å². The van der Waals surface area contributed by atoms with E-state index in [9.17, 15) is 9.59 Å². The highest BCUT2D eigenvalue weighted by Gasteiger charge is 2.19. The van der Waals surface area contributed by atoms with Gasteiger partial charge < -0.3 is 10.2 Å². The van der Waals surface area contributed by atoms with Gasteiger partial charge in [0.2, 0.25) is 5.91 Å². The molecule has 1 fully saturated rings. The van der Waals surface area contributed by atoms with Crippen LogP contribution in [0.25, 0.3) is 11.3 Å². The maximum absolute atomic E-state index is 12.3. The molecule has 6 nitrogen and oxygen atoms in total. The molecule has 0 radical (unpaired) electrons. The molecule has 3 rings (SSSR count). The third-order valence-corrected chi connectivity index (χ3v) is 4.01. The lowest BCUT2D eigenvalue weighted by Crippen LogP contribution is -2.30. The van der Waals surface area contributed by atoms with Crippen molar-refractivity contribution in [3.05, 3.63) is 42.1 Å². The third kappa shape index (κ3) is 3.59. The fourth-order valence-electron chi connectivity index (χ4n) is 2.79. The van der Waals surface area contributed by atoms with Crippen molar-refractivity contribution in [2.45, 2.75) is 19.3 Å². The second kappa shape index (κ2) is 7.09. The summed E-state index contributed by atoms with van der Waals surface area (Å²) < 4.78 is 0. The predicted octanol–water partition coefficient (Wildman–Crippen LogP) is 1.82. The van der Waals surface area contributed by atoms with E-state index in [2.05, 4.69) is 15.5 Å². The zero-order valence-electron chi connectivity index (χ0n) is 12.9. The smallest absolute Gasteiger partial charge is 0.255 e. The molecule has 120 valence electrons. The number of rotatable bonds is 6. The Balaban J connectivity index is 1.53. The number of amides is 2. The third-order valence-electron chi connectivity index (χ3n) is 4.01. The van der Waals surface area contributed by atoms with Gasteiger partial charge in [-0.1, -0.05) is 30.3 Å². The largest absolute Gasteiger partial charge is 0.352 e. The SMILES string of the molecule is O=C(NCCCN1CCCC1=O)c1cn[nH]c1-c1ccccc1. The molecular formula is C17H20N4O2. The molecule has 1 aromatic heterocycles. The van der Waals surface area contributed by atoms with E-state index in [1.807, 2.05) is 35.2 Å². The summed E-state index contributed by atoms with van der Waals surface area (Å²) in [6, 6.07) is 9.64. The van der Waals surface area contributed by atoms with Gasteiger partial charge >= 0.3 is 0 Å². The second-order valence-corrected chi connectivity index (χ2v) is 5.62. The molecule has 2 aromatic rings. The van der Waals surface area contributed by atoms with Crippen LogP contribution in [0.1, 0.15) is 29.6 Å². The number of carbonyl (C=O) groups excluding carboxylic acids is 2. The first-order valence-electron chi connectivity index (χ1n) is 7.90. The quantitative estimate of drug-likeness (QED) is 0.799. The highest BCUT2D eigenvalue weighted by atomic mass is 16.2. The van der Waals surface area contributed by atoms with Gasteiger partial charge in [0.25, 0.3) is 5.91 Å². The van der Waals surface area contributed by atoms with E-state index < -0.39 is 0 Å². The van der Waals surface area contributed by atoms with Gasteiger partial charge in [0.15, 0.2) is 0 Å². The summed E-state index contributed by atoms with van der Waals surface area (Å²) in [6.07, 6.45) is 3.90. The number of aromatic nitrogens is 2. The summed E-state index contributed by atoms with van der Waals surface area (Å²) in [4.78, 5) is 25.7. The van der Waals surface area contributed by atoms with Crippen molar-refractivity contribution < 1.29 is 9.59 Å². The van der Waals surface area contributed by atoms with Crippen molar-refractivity contribution in [2.75, 3.05) is 19.6 Å². The maximum Gasteiger partial charge on any atom is 0.255 e. The molecule has 0 saturated carbocycles. The van der Waals surface area contributed by atoms with E-state index in [4.69, 9.17) is 0 Å². The molecule has 23 heavy (non-hydrogen) atoms. The van der Waals surface area contributed by atoms with Crippen LogP contribution >= 0.6 is 0 Å². The summed E-state index contributed by atoms with van der Waals surface area (Å²) in [5.41, 5.74) is 2.18. The van der Waals surface area contributed by atoms with E-state index >= 15 is 0 Å². The molecule has 1 aromatic carbocycles. The first kappa shape index (κ1) is 15.3. The minimum atomic E-state index is -0.148. The molecule has 0 spiro atoms. The number of hydrogen-bond acceptors (Lipinski definition) is 3. The summed E-state index contributed by atoms with van der Waals surface area (Å²) in [7, 11) is 0. The van der Waals surface area contributed by atoms with Gasteiger partial charge in [-0.25, -0.2) is 0 Å². The predicted molar refractivity (Wildman–Crippen MR) is 86.8 cm³/mol. The summed E-state index contributed by atoms with van der Waals surface area (Å²) in [6.45, 7) is 2.09. The molecule has 1 saturated heterocycles. The molecule has 0 unspecified atom stereocenters. The van der Waals surface area contributed by atoms with Gasteiger partial charge in [-0.15, -0.1) is 0 Å². The molecule has 0 bridgehead atoms. The van der Waals surface area contributed by atoms with Crippen molar-refractivity contribution in [1.82, 2.24) is 20.4 Å². The number of aromatic amines is 1. The van der Waals surface area contributed by atoms with Crippen molar-refractivity contribution in [2.24, 2.45) is 0 Å². The summed E-state index contributed by atoms with van der Waals surface area (Å²) >= 11 is 0. The fraction of sp³-hybridized carbons (Fsp3) is 0.353. The molecule has 6 heteroatoms. The van der Waals surface area contributed by atoms with Gasteiger partial charge in [-0.3, -0.25) is 14.7 Å². The van der Waals surface area contributed by atoms with Crippen molar-refractivity contribution >= 4 is 11.8 Å². The molecular weight excluding hydrogens is 292 g/mol. The Kier molecular flexibility index (Phi) is 4.71. The van der Waals surface area contributed by atoms with E-state index in [0.29, 0.717) is 25.1 Å². The van der Waals surface area contributed by atoms with E-state index in [1.54, 1.807) is 6.20 Å². The Bertz CT molecular complexity index is 681. The second-order valence-electron chi connectivity index (χ2n) is 5.62. The Hall–Kier alpha value is -2.63. The first-order valence-corrected chi connectivity index (χ1v) is 7.90. The average molecular weight is 312 g/mol. The number of H-pyrrole nitrogens is 1. The number of likely N-dealkylation sites (tertiary alicyclic amines) is 1. The Labute approximate surface area is 134 Å². The monoisotopic (exact) mass is 312 g/mol. The van der Waals surface area contributed by atoms with E-state index in [1.165, 1.54) is 0 Å².